The van der Waals surface area contributed by atoms with Crippen LogP contribution in [0.1, 0.15) is 5.56 Å². The van der Waals surface area contributed by atoms with Crippen LogP contribution in [-0.4, -0.2) is 10.5 Å². The summed E-state index contributed by atoms with van der Waals surface area (Å²) in [7, 11) is 0. The zero-order valence-corrected chi connectivity index (χ0v) is 10.0. The van der Waals surface area contributed by atoms with E-state index in [2.05, 4.69) is 22.5 Å². The molecule has 1 aromatic rings. The normalized spacial score (nSPS) is 9.88. The molecule has 0 atom stereocenters. The molecule has 16 heavy (non-hydrogen) atoms. The van der Waals surface area contributed by atoms with Crippen molar-refractivity contribution in [2.24, 2.45) is 5.84 Å². The van der Waals surface area contributed by atoms with Gasteiger partial charge in [0, 0.05) is 5.75 Å². The van der Waals surface area contributed by atoms with Gasteiger partial charge < -0.3 is 4.84 Å². The van der Waals surface area contributed by atoms with Gasteiger partial charge in [0.25, 0.3) is 0 Å². The number of nitrogens with two attached hydrogens (primary N) is 1. The number of hydrogen-bond acceptors (Lipinski definition) is 7. The van der Waals surface area contributed by atoms with E-state index in [0.717, 1.165) is 9.98 Å². The number of nitrogens with zero attached hydrogens (tertiary/aromatic N) is 1. The molecule has 1 aromatic carbocycles. The molecule has 4 N–H and O–H groups in total. The number of nitrogens with one attached hydrogen (secondary N) is 2. The van der Waals surface area contributed by atoms with Gasteiger partial charge in [0.2, 0.25) is 0 Å². The van der Waals surface area contributed by atoms with E-state index < -0.39 is 6.09 Å². The zero-order valence-electron chi connectivity index (χ0n) is 8.29. The van der Waals surface area contributed by atoms with Gasteiger partial charge in [-0.05, 0) is 17.5 Å². The molecule has 1 amide bonds. The Kier molecular flexibility index (Phi) is 6.04. The molecule has 0 saturated carbocycles. The fraction of sp³-hybridized carbons (Fsp3) is 0.125. The number of carbonyl (C=O) groups is 1. The quantitative estimate of drug-likeness (QED) is 0.274. The Hall–Kier alpha value is -0.930. The summed E-state index contributed by atoms with van der Waals surface area (Å²) in [6.45, 7) is 0. The minimum Gasteiger partial charge on any atom is -0.337 e. The Labute approximate surface area is 103 Å². The molecule has 88 valence electrons. The van der Waals surface area contributed by atoms with Gasteiger partial charge in [-0.15, -0.1) is 0 Å². The molecule has 6 nitrogen and oxygen atoms in total. The van der Waals surface area contributed by atoms with Crippen LogP contribution in [0, 0.1) is 0 Å². The molecular formula is C8H12N4O2S2. The molecule has 0 bridgehead atoms. The van der Waals surface area contributed by atoms with Crippen LogP contribution in [0.3, 0.4) is 0 Å². The van der Waals surface area contributed by atoms with Crippen LogP contribution < -0.4 is 16.3 Å². The van der Waals surface area contributed by atoms with E-state index in [1.54, 1.807) is 5.59 Å². The highest BCUT2D eigenvalue weighted by Crippen LogP contribution is 2.15. The maximum atomic E-state index is 11.2. The van der Waals surface area contributed by atoms with Crippen LogP contribution in [-0.2, 0) is 10.6 Å². The molecule has 0 saturated heterocycles. The summed E-state index contributed by atoms with van der Waals surface area (Å²) < 4.78 is 1.11. The van der Waals surface area contributed by atoms with Gasteiger partial charge in [-0.1, -0.05) is 48.7 Å². The third-order valence-corrected chi connectivity index (χ3v) is 2.90. The molecule has 1 rings (SSSR count). The average Bonchev–Trinajstić information content (AvgIpc) is 2.31. The van der Waals surface area contributed by atoms with Gasteiger partial charge >= 0.3 is 6.09 Å². The summed E-state index contributed by atoms with van der Waals surface area (Å²) in [4.78, 5) is 18.0. The van der Waals surface area contributed by atoms with Gasteiger partial charge in [-0.25, -0.2) is 10.6 Å². The second-order valence-electron chi connectivity index (χ2n) is 2.64. The SMILES string of the molecule is NNOC(=O)N(NS)SCc1ccccc1. The molecule has 0 unspecified atom stereocenters. The number of thiol groups is 1. The highest BCUT2D eigenvalue weighted by Gasteiger charge is 2.14. The summed E-state index contributed by atoms with van der Waals surface area (Å²) in [5, 5.41) is 0. The second kappa shape index (κ2) is 7.36. The lowest BCUT2D eigenvalue weighted by molar-refractivity contribution is 0.0726. The van der Waals surface area contributed by atoms with Crippen LogP contribution in [0.15, 0.2) is 30.3 Å². The lowest BCUT2D eigenvalue weighted by atomic mass is 10.2. The average molecular weight is 260 g/mol. The fourth-order valence-corrected chi connectivity index (χ4v) is 1.85. The maximum Gasteiger partial charge on any atom is 0.455 e. The van der Waals surface area contributed by atoms with Gasteiger partial charge in [0.1, 0.15) is 0 Å². The Morgan fingerprint density at radius 2 is 2.19 bits per heavy atom. The molecule has 0 aliphatic rings. The lowest BCUT2D eigenvalue weighted by Gasteiger charge is -2.17. The molecule has 0 radical (unpaired) electrons. The zero-order chi connectivity index (χ0) is 11.8. The van der Waals surface area contributed by atoms with Crippen molar-refractivity contribution in [3.8, 4) is 0 Å². The van der Waals surface area contributed by atoms with E-state index in [-0.39, 0.29) is 0 Å². The first kappa shape index (κ1) is 13.1. The minimum atomic E-state index is -0.682. The molecule has 8 heteroatoms. The number of amides is 1. The van der Waals surface area contributed by atoms with E-state index in [1.807, 2.05) is 30.3 Å². The number of rotatable bonds is 5. The van der Waals surface area contributed by atoms with Crippen molar-refractivity contribution < 1.29 is 9.63 Å². The van der Waals surface area contributed by atoms with Crippen molar-refractivity contribution in [1.82, 2.24) is 14.8 Å². The molecule has 0 fully saturated rings. The summed E-state index contributed by atoms with van der Waals surface area (Å²) in [6.07, 6.45) is -0.682. The van der Waals surface area contributed by atoms with E-state index in [0.29, 0.717) is 5.75 Å². The van der Waals surface area contributed by atoms with Crippen LogP contribution in [0.5, 0.6) is 0 Å². The van der Waals surface area contributed by atoms with Gasteiger partial charge in [-0.2, -0.15) is 9.25 Å². The Balaban J connectivity index is 2.43. The predicted octanol–water partition coefficient (Wildman–Crippen LogP) is 1.00. The second-order valence-corrected chi connectivity index (χ2v) is 3.75. The van der Waals surface area contributed by atoms with E-state index in [4.69, 9.17) is 5.84 Å². The third kappa shape index (κ3) is 4.29. The number of hydrogen-bond donors (Lipinski definition) is 4. The molecule has 0 aliphatic heterocycles. The van der Waals surface area contributed by atoms with E-state index in [9.17, 15) is 4.79 Å². The summed E-state index contributed by atoms with van der Waals surface area (Å²) >= 11 is 4.98. The molecule has 0 heterocycles. The first-order valence-corrected chi connectivity index (χ1v) is 5.70. The predicted molar refractivity (Wildman–Crippen MR) is 65.5 cm³/mol. The van der Waals surface area contributed by atoms with E-state index in [1.165, 1.54) is 11.9 Å². The van der Waals surface area contributed by atoms with Gasteiger partial charge in [0.05, 0.1) is 0 Å². The van der Waals surface area contributed by atoms with Crippen molar-refractivity contribution in [3.05, 3.63) is 35.9 Å². The van der Waals surface area contributed by atoms with Crippen molar-refractivity contribution in [2.45, 2.75) is 5.75 Å². The monoisotopic (exact) mass is 260 g/mol. The maximum absolute atomic E-state index is 11.2. The van der Waals surface area contributed by atoms with Crippen molar-refractivity contribution >= 4 is 30.9 Å². The Bertz CT molecular complexity index is 325. The topological polar surface area (TPSA) is 79.6 Å². The first-order valence-electron chi connectivity index (χ1n) is 4.31. The minimum absolute atomic E-state index is 0.605. The van der Waals surface area contributed by atoms with Crippen molar-refractivity contribution in [1.29, 1.82) is 0 Å². The van der Waals surface area contributed by atoms with E-state index >= 15 is 0 Å². The van der Waals surface area contributed by atoms with Crippen molar-refractivity contribution in [2.75, 3.05) is 0 Å². The molecular weight excluding hydrogens is 248 g/mol. The summed E-state index contributed by atoms with van der Waals surface area (Å²) in [6, 6.07) is 9.68. The highest BCUT2D eigenvalue weighted by atomic mass is 32.2. The Morgan fingerprint density at radius 3 is 2.75 bits per heavy atom. The fourth-order valence-electron chi connectivity index (χ4n) is 0.928. The first-order chi connectivity index (χ1) is 7.77. The standard InChI is InChI=1S/C8H12N4O2S2/c9-10-14-8(13)12(11-15)16-6-7-4-2-1-3-5-7/h1-5,10-11,15H,6,9H2. The number of carbonyl (C=O) groups excluding carboxylic acids is 1. The smallest absolute Gasteiger partial charge is 0.337 e. The summed E-state index contributed by atoms with van der Waals surface area (Å²) in [5.74, 6) is 5.45. The van der Waals surface area contributed by atoms with Crippen LogP contribution in [0.4, 0.5) is 4.79 Å². The Morgan fingerprint density at radius 1 is 1.50 bits per heavy atom. The molecule has 0 spiro atoms. The summed E-state index contributed by atoms with van der Waals surface area (Å²) in [5.41, 5.74) is 2.88. The molecule has 0 aromatic heterocycles. The highest BCUT2D eigenvalue weighted by molar-refractivity contribution is 7.97. The number of hydrazine groups is 2. The van der Waals surface area contributed by atoms with Crippen molar-refractivity contribution in [3.63, 3.8) is 0 Å². The lowest BCUT2D eigenvalue weighted by Crippen LogP contribution is -2.37. The number of benzene rings is 1. The van der Waals surface area contributed by atoms with Crippen LogP contribution >= 0.6 is 24.8 Å². The third-order valence-electron chi connectivity index (χ3n) is 1.61. The largest absolute Gasteiger partial charge is 0.455 e. The van der Waals surface area contributed by atoms with Crippen LogP contribution in [0.2, 0.25) is 0 Å². The van der Waals surface area contributed by atoms with Crippen LogP contribution in [0.25, 0.3) is 0 Å². The van der Waals surface area contributed by atoms with Gasteiger partial charge in [0.15, 0.2) is 0 Å². The van der Waals surface area contributed by atoms with Gasteiger partial charge in [-0.3, -0.25) is 0 Å². The molecule has 0 aliphatic carbocycles.